The number of hydrogen-bond acceptors (Lipinski definition) is 12. The van der Waals surface area contributed by atoms with E-state index in [2.05, 4.69) is 0 Å². The van der Waals surface area contributed by atoms with E-state index in [1.807, 2.05) is 0 Å². The van der Waals surface area contributed by atoms with Crippen molar-refractivity contribution in [1.82, 2.24) is 0 Å². The van der Waals surface area contributed by atoms with Gasteiger partial charge in [-0.1, -0.05) is 0 Å². The number of aliphatic hydroxyl groups is 3. The summed E-state index contributed by atoms with van der Waals surface area (Å²) in [5.41, 5.74) is -8.22. The van der Waals surface area contributed by atoms with Crippen molar-refractivity contribution in [1.29, 1.82) is 0 Å². The van der Waals surface area contributed by atoms with Gasteiger partial charge in [0.1, 0.15) is 0 Å². The van der Waals surface area contributed by atoms with Gasteiger partial charge in [-0.15, -0.1) is 0 Å². The van der Waals surface area contributed by atoms with Gasteiger partial charge in [-0.3, -0.25) is 28.8 Å². The first kappa shape index (κ1) is 48.5. The first-order valence-electron chi connectivity index (χ1n) is 9.51. The van der Waals surface area contributed by atoms with Crippen LogP contribution in [0.1, 0.15) is 38.5 Å². The molecule has 0 aliphatic carbocycles. The number of carbonyl (C=O) groups is 9. The number of carboxylic acid groups (broad SMARTS) is 9. The Morgan fingerprint density at radius 1 is 0.341 bits per heavy atom. The molecule has 0 aliphatic heterocycles. The van der Waals surface area contributed by atoms with Gasteiger partial charge in [0, 0.05) is 51.4 Å². The molecule has 12 N–H and O–H groups in total. The second-order valence-corrected chi connectivity index (χ2v) is 7.43. The van der Waals surface area contributed by atoms with Gasteiger partial charge in [0.15, 0.2) is 16.8 Å². The summed E-state index contributed by atoms with van der Waals surface area (Å²) in [5, 5.41) is 101. The molecule has 0 heterocycles. The summed E-state index contributed by atoms with van der Waals surface area (Å²) in [7, 11) is 0. The topological polar surface area (TPSA) is 396 Å². The molecule has 225 valence electrons. The van der Waals surface area contributed by atoms with Crippen molar-refractivity contribution < 1.29 is 104 Å². The molecular formula is C18H25KNaO21. The normalized spacial score (nSPS) is 10.3. The Hall–Kier alpha value is -2.25. The number of hydrogen-bond donors (Lipinski definition) is 12. The van der Waals surface area contributed by atoms with E-state index in [1.54, 1.807) is 0 Å². The van der Waals surface area contributed by atoms with E-state index in [0.29, 0.717) is 0 Å². The van der Waals surface area contributed by atoms with E-state index >= 15 is 0 Å². The van der Waals surface area contributed by atoms with Crippen LogP contribution in [0.25, 0.3) is 0 Å². The number of rotatable bonds is 15. The van der Waals surface area contributed by atoms with E-state index in [-0.39, 0.29) is 80.9 Å². The fraction of sp³-hybridized carbons (Fsp3) is 0.500. The Morgan fingerprint density at radius 3 is 0.488 bits per heavy atom. The Bertz CT molecular complexity index is 819. The van der Waals surface area contributed by atoms with Crippen molar-refractivity contribution in [3.05, 3.63) is 0 Å². The van der Waals surface area contributed by atoms with Gasteiger partial charge in [0.2, 0.25) is 0 Å². The van der Waals surface area contributed by atoms with Gasteiger partial charge in [-0.25, -0.2) is 14.4 Å². The van der Waals surface area contributed by atoms with Crippen LogP contribution in [0.15, 0.2) is 0 Å². The van der Waals surface area contributed by atoms with Gasteiger partial charge in [0.05, 0.1) is 38.5 Å². The maximum absolute atomic E-state index is 10.3. The number of carboxylic acids is 9. The zero-order chi connectivity index (χ0) is 31.9. The van der Waals surface area contributed by atoms with Crippen LogP contribution in [0.5, 0.6) is 0 Å². The average molecular weight is 639 g/mol. The Morgan fingerprint density at radius 2 is 0.439 bits per heavy atom. The molecule has 0 saturated heterocycles. The third-order valence-corrected chi connectivity index (χ3v) is 3.86. The molecule has 0 unspecified atom stereocenters. The Labute approximate surface area is 291 Å². The molecule has 0 saturated carbocycles. The molecule has 0 amide bonds. The third-order valence-electron chi connectivity index (χ3n) is 3.86. The molecule has 0 spiro atoms. The average Bonchev–Trinajstić information content (AvgIpc) is 2.64. The second-order valence-electron chi connectivity index (χ2n) is 7.43. The minimum absolute atomic E-state index is 0. The van der Waals surface area contributed by atoms with Crippen LogP contribution >= 0.6 is 0 Å². The standard InChI is InChI=1S/3C6H8O7.K.Na.H/c3*7-3(8)1-6(13,5(11)12)2-4(9)10;;;/h3*13H,1-2H2,(H,7,8)(H,9,10)(H,11,12);;;. The molecule has 21 nitrogen and oxygen atoms in total. The van der Waals surface area contributed by atoms with Crippen LogP contribution < -0.4 is 0 Å². The van der Waals surface area contributed by atoms with Gasteiger partial charge >= 0.3 is 83.3 Å². The van der Waals surface area contributed by atoms with E-state index in [0.717, 1.165) is 0 Å². The predicted octanol–water partition coefficient (Wildman–Crippen LogP) is -4.77. The zero-order valence-electron chi connectivity index (χ0n) is 20.3. The summed E-state index contributed by atoms with van der Waals surface area (Å²) in [6.45, 7) is 0. The molecule has 41 heavy (non-hydrogen) atoms. The van der Waals surface area contributed by atoms with Crippen molar-refractivity contribution in [2.75, 3.05) is 0 Å². The van der Waals surface area contributed by atoms with Crippen molar-refractivity contribution in [2.45, 2.75) is 55.3 Å². The molecular weight excluding hydrogens is 614 g/mol. The molecule has 0 atom stereocenters. The molecule has 0 aliphatic rings. The van der Waals surface area contributed by atoms with Crippen molar-refractivity contribution in [2.24, 2.45) is 0 Å². The summed E-state index contributed by atoms with van der Waals surface area (Å²) >= 11 is 0. The molecule has 0 aromatic carbocycles. The molecule has 23 heteroatoms. The van der Waals surface area contributed by atoms with E-state index < -0.39 is 109 Å². The molecule has 0 aromatic rings. The van der Waals surface area contributed by atoms with Crippen LogP contribution in [0.4, 0.5) is 0 Å². The summed E-state index contributed by atoms with van der Waals surface area (Å²) < 4.78 is 0. The van der Waals surface area contributed by atoms with E-state index in [9.17, 15) is 43.2 Å². The summed E-state index contributed by atoms with van der Waals surface area (Å²) in [6.07, 6.45) is -6.87. The fourth-order valence-corrected chi connectivity index (χ4v) is 2.14. The van der Waals surface area contributed by atoms with Crippen molar-refractivity contribution in [3.63, 3.8) is 0 Å². The summed E-state index contributed by atoms with van der Waals surface area (Å²) in [4.78, 5) is 91.5. The van der Waals surface area contributed by atoms with Crippen LogP contribution in [-0.2, 0) is 43.2 Å². The first-order valence-corrected chi connectivity index (χ1v) is 9.51. The van der Waals surface area contributed by atoms with Gasteiger partial charge in [-0.2, -0.15) is 0 Å². The summed E-state index contributed by atoms with van der Waals surface area (Å²) in [5.74, 6) is -15.1. The Balaban J connectivity index is -0.000000154. The first-order chi connectivity index (χ1) is 17.3. The van der Waals surface area contributed by atoms with E-state index in [1.165, 1.54) is 0 Å². The van der Waals surface area contributed by atoms with Crippen molar-refractivity contribution in [3.8, 4) is 0 Å². The Kier molecular flexibility index (Phi) is 25.4. The SMILES string of the molecule is O=C(O)CC(O)(CC(=O)O)C(=O)O.O=C(O)CC(O)(CC(=O)O)C(=O)O.O=C(O)CC(O)(CC(=O)O)C(=O)O.[K].[NaH]. The summed E-state index contributed by atoms with van der Waals surface area (Å²) in [6, 6.07) is 0. The molecule has 0 fully saturated rings. The monoisotopic (exact) mass is 639 g/mol. The second kappa shape index (κ2) is 21.4. The fourth-order valence-electron chi connectivity index (χ4n) is 2.14. The molecule has 0 bridgehead atoms. The minimum atomic E-state index is -2.74. The zero-order valence-corrected chi connectivity index (χ0v) is 23.4. The van der Waals surface area contributed by atoms with Gasteiger partial charge in [-0.05, 0) is 0 Å². The van der Waals surface area contributed by atoms with Gasteiger partial charge < -0.3 is 61.3 Å². The van der Waals surface area contributed by atoms with Gasteiger partial charge in [0.25, 0.3) is 0 Å². The maximum atomic E-state index is 10.3. The van der Waals surface area contributed by atoms with E-state index in [4.69, 9.17) is 61.3 Å². The van der Waals surface area contributed by atoms with Crippen LogP contribution in [0.3, 0.4) is 0 Å². The van der Waals surface area contributed by atoms with Crippen LogP contribution in [0.2, 0.25) is 0 Å². The molecule has 0 aromatic heterocycles. The van der Waals surface area contributed by atoms with Crippen molar-refractivity contribution >= 4 is 135 Å². The van der Waals surface area contributed by atoms with Crippen LogP contribution in [0, 0.1) is 0 Å². The number of aliphatic carboxylic acids is 9. The predicted molar refractivity (Wildman–Crippen MR) is 124 cm³/mol. The van der Waals surface area contributed by atoms with Crippen LogP contribution in [-0.4, -0.2) is 213 Å². The quantitative estimate of drug-likeness (QED) is 0.0748. The third kappa shape index (κ3) is 23.0. The molecule has 0 rings (SSSR count). The molecule has 1 radical (unpaired) electrons.